The van der Waals surface area contributed by atoms with Crippen LogP contribution in [0.4, 0.5) is 0 Å². The molecule has 0 bridgehead atoms. The lowest BCUT2D eigenvalue weighted by atomic mass is 9.90. The largest absolute Gasteiger partial charge is 0.381 e. The first-order chi connectivity index (χ1) is 5.79. The minimum atomic E-state index is 0.360. The molecular formula is C10H15NO. The topological polar surface area (TPSA) is 14.2 Å². The van der Waals surface area contributed by atoms with Crippen molar-refractivity contribution in [1.29, 1.82) is 0 Å². The van der Waals surface area contributed by atoms with Crippen LogP contribution in [0, 0.1) is 5.41 Å². The van der Waals surface area contributed by atoms with Crippen LogP contribution in [0.15, 0.2) is 24.5 Å². The maximum absolute atomic E-state index is 5.40. The standard InChI is InChI=1S/C10H15NO/c1-10(4-7-12-9-10)8-11-5-2-3-6-11/h2-3,5-6H,4,7-9H2,1H3. The summed E-state index contributed by atoms with van der Waals surface area (Å²) in [6, 6.07) is 4.14. The highest BCUT2D eigenvalue weighted by molar-refractivity contribution is 4.92. The predicted molar refractivity (Wildman–Crippen MR) is 48.0 cm³/mol. The fourth-order valence-corrected chi connectivity index (χ4v) is 1.75. The Bertz CT molecular complexity index is 234. The molecule has 1 fully saturated rings. The van der Waals surface area contributed by atoms with E-state index in [0.717, 1.165) is 19.8 Å². The minimum absolute atomic E-state index is 0.360. The van der Waals surface area contributed by atoms with Crippen LogP contribution in [0.25, 0.3) is 0 Å². The molecular weight excluding hydrogens is 150 g/mol. The Labute approximate surface area is 73.1 Å². The maximum Gasteiger partial charge on any atom is 0.0537 e. The summed E-state index contributed by atoms with van der Waals surface area (Å²) in [5.41, 5.74) is 0.360. The van der Waals surface area contributed by atoms with Gasteiger partial charge in [0, 0.05) is 31.0 Å². The van der Waals surface area contributed by atoms with Crippen LogP contribution in [-0.4, -0.2) is 17.8 Å². The average Bonchev–Trinajstić information content (AvgIpc) is 2.62. The summed E-state index contributed by atoms with van der Waals surface area (Å²) < 4.78 is 7.63. The van der Waals surface area contributed by atoms with Crippen molar-refractivity contribution < 1.29 is 4.74 Å². The van der Waals surface area contributed by atoms with Crippen LogP contribution in [-0.2, 0) is 11.3 Å². The third-order valence-corrected chi connectivity index (χ3v) is 2.53. The van der Waals surface area contributed by atoms with Crippen LogP contribution in [0.3, 0.4) is 0 Å². The van der Waals surface area contributed by atoms with E-state index < -0.39 is 0 Å². The highest BCUT2D eigenvalue weighted by Gasteiger charge is 2.29. The second-order valence-electron chi connectivity index (χ2n) is 3.97. The molecule has 0 aliphatic carbocycles. The highest BCUT2D eigenvalue weighted by atomic mass is 16.5. The van der Waals surface area contributed by atoms with Gasteiger partial charge in [0.25, 0.3) is 0 Å². The van der Waals surface area contributed by atoms with Crippen LogP contribution in [0.2, 0.25) is 0 Å². The van der Waals surface area contributed by atoms with Gasteiger partial charge < -0.3 is 9.30 Å². The van der Waals surface area contributed by atoms with E-state index >= 15 is 0 Å². The quantitative estimate of drug-likeness (QED) is 0.653. The Morgan fingerprint density at radius 1 is 1.42 bits per heavy atom. The summed E-state index contributed by atoms with van der Waals surface area (Å²) >= 11 is 0. The fourth-order valence-electron chi connectivity index (χ4n) is 1.75. The van der Waals surface area contributed by atoms with Gasteiger partial charge in [0.2, 0.25) is 0 Å². The molecule has 1 aliphatic heterocycles. The zero-order chi connectivity index (χ0) is 8.44. The second-order valence-corrected chi connectivity index (χ2v) is 3.97. The van der Waals surface area contributed by atoms with Gasteiger partial charge >= 0.3 is 0 Å². The molecule has 2 heteroatoms. The Morgan fingerprint density at radius 2 is 2.17 bits per heavy atom. The molecule has 2 rings (SSSR count). The van der Waals surface area contributed by atoms with Gasteiger partial charge in [-0.15, -0.1) is 0 Å². The summed E-state index contributed by atoms with van der Waals surface area (Å²) in [5, 5.41) is 0. The van der Waals surface area contributed by atoms with Gasteiger partial charge in [-0.25, -0.2) is 0 Å². The summed E-state index contributed by atoms with van der Waals surface area (Å²) in [4.78, 5) is 0. The van der Waals surface area contributed by atoms with Gasteiger partial charge in [-0.05, 0) is 18.6 Å². The van der Waals surface area contributed by atoms with E-state index in [4.69, 9.17) is 4.74 Å². The Morgan fingerprint density at radius 3 is 2.75 bits per heavy atom. The first-order valence-electron chi connectivity index (χ1n) is 4.47. The molecule has 66 valence electrons. The zero-order valence-electron chi connectivity index (χ0n) is 7.49. The van der Waals surface area contributed by atoms with Crippen molar-refractivity contribution in [3.63, 3.8) is 0 Å². The summed E-state index contributed by atoms with van der Waals surface area (Å²) in [5.74, 6) is 0. The van der Waals surface area contributed by atoms with Crippen molar-refractivity contribution in [3.8, 4) is 0 Å². The summed E-state index contributed by atoms with van der Waals surface area (Å²) in [6.07, 6.45) is 5.42. The molecule has 1 unspecified atom stereocenters. The molecule has 1 saturated heterocycles. The van der Waals surface area contributed by atoms with Gasteiger partial charge in [-0.3, -0.25) is 0 Å². The van der Waals surface area contributed by atoms with Crippen molar-refractivity contribution in [2.75, 3.05) is 13.2 Å². The van der Waals surface area contributed by atoms with Crippen molar-refractivity contribution in [1.82, 2.24) is 4.57 Å². The lowest BCUT2D eigenvalue weighted by molar-refractivity contribution is 0.150. The SMILES string of the molecule is CC1(Cn2cccc2)CCOC1. The van der Waals surface area contributed by atoms with Gasteiger partial charge in [0.1, 0.15) is 0 Å². The van der Waals surface area contributed by atoms with E-state index in [1.165, 1.54) is 6.42 Å². The van der Waals surface area contributed by atoms with Crippen molar-refractivity contribution in [2.45, 2.75) is 19.9 Å². The minimum Gasteiger partial charge on any atom is -0.381 e. The molecule has 1 aromatic rings. The molecule has 0 amide bonds. The van der Waals surface area contributed by atoms with Crippen molar-refractivity contribution in [2.24, 2.45) is 5.41 Å². The van der Waals surface area contributed by atoms with Gasteiger partial charge in [0.15, 0.2) is 0 Å². The van der Waals surface area contributed by atoms with E-state index in [0.29, 0.717) is 5.41 Å². The normalized spacial score (nSPS) is 29.4. The molecule has 12 heavy (non-hydrogen) atoms. The van der Waals surface area contributed by atoms with E-state index in [-0.39, 0.29) is 0 Å². The van der Waals surface area contributed by atoms with Gasteiger partial charge in [0.05, 0.1) is 6.61 Å². The highest BCUT2D eigenvalue weighted by Crippen LogP contribution is 2.29. The van der Waals surface area contributed by atoms with Crippen molar-refractivity contribution >= 4 is 0 Å². The summed E-state index contributed by atoms with van der Waals surface area (Å²) in [6.45, 7) is 5.21. The number of ether oxygens (including phenoxy) is 1. The molecule has 1 aliphatic rings. The van der Waals surface area contributed by atoms with Crippen LogP contribution in [0.5, 0.6) is 0 Å². The third kappa shape index (κ3) is 1.53. The molecule has 0 spiro atoms. The molecule has 0 radical (unpaired) electrons. The van der Waals surface area contributed by atoms with E-state index in [1.807, 2.05) is 0 Å². The fraction of sp³-hybridized carbons (Fsp3) is 0.600. The van der Waals surface area contributed by atoms with E-state index in [2.05, 4.69) is 36.0 Å². The summed E-state index contributed by atoms with van der Waals surface area (Å²) in [7, 11) is 0. The van der Waals surface area contributed by atoms with Crippen LogP contribution in [0.1, 0.15) is 13.3 Å². The van der Waals surface area contributed by atoms with E-state index in [1.54, 1.807) is 0 Å². The number of aromatic nitrogens is 1. The monoisotopic (exact) mass is 165 g/mol. The van der Waals surface area contributed by atoms with Gasteiger partial charge in [-0.1, -0.05) is 6.92 Å². The van der Waals surface area contributed by atoms with Gasteiger partial charge in [-0.2, -0.15) is 0 Å². The molecule has 0 aromatic carbocycles. The average molecular weight is 165 g/mol. The van der Waals surface area contributed by atoms with Crippen LogP contribution < -0.4 is 0 Å². The molecule has 0 saturated carbocycles. The molecule has 0 N–H and O–H groups in total. The molecule has 1 atom stereocenters. The lowest BCUT2D eigenvalue weighted by Gasteiger charge is -2.21. The molecule has 2 nitrogen and oxygen atoms in total. The number of hydrogen-bond donors (Lipinski definition) is 0. The molecule has 1 aromatic heterocycles. The van der Waals surface area contributed by atoms with Crippen LogP contribution >= 0.6 is 0 Å². The smallest absolute Gasteiger partial charge is 0.0537 e. The lowest BCUT2D eigenvalue weighted by Crippen LogP contribution is -2.22. The third-order valence-electron chi connectivity index (χ3n) is 2.53. The Hall–Kier alpha value is -0.760. The first kappa shape index (κ1) is 7.87. The van der Waals surface area contributed by atoms with Crippen molar-refractivity contribution in [3.05, 3.63) is 24.5 Å². The number of hydrogen-bond acceptors (Lipinski definition) is 1. The number of nitrogens with zero attached hydrogens (tertiary/aromatic N) is 1. The molecule has 2 heterocycles. The number of rotatable bonds is 2. The first-order valence-corrected chi connectivity index (χ1v) is 4.47. The Kier molecular flexibility index (Phi) is 1.93. The van der Waals surface area contributed by atoms with E-state index in [9.17, 15) is 0 Å². The Balaban J connectivity index is 2.02. The zero-order valence-corrected chi connectivity index (χ0v) is 7.49. The maximum atomic E-state index is 5.40. The predicted octanol–water partition coefficient (Wildman–Crippen LogP) is 1.91. The second kappa shape index (κ2) is 2.94.